The topological polar surface area (TPSA) is 40.5 Å². The minimum absolute atomic E-state index is 0.118. The van der Waals surface area contributed by atoms with Crippen molar-refractivity contribution in [3.63, 3.8) is 0 Å². The molecule has 5 atom stereocenters. The van der Waals surface area contributed by atoms with Crippen LogP contribution in [-0.2, 0) is 0 Å². The van der Waals surface area contributed by atoms with Gasteiger partial charge in [0.25, 0.3) is 0 Å². The number of fused-ring (bicyclic) bond motifs is 2. The molecule has 104 valence electrons. The Morgan fingerprint density at radius 1 is 0.947 bits per heavy atom. The molecule has 0 aromatic carbocycles. The number of hydrogen-bond donors (Lipinski definition) is 2. The summed E-state index contributed by atoms with van der Waals surface area (Å²) < 4.78 is 0. The van der Waals surface area contributed by atoms with Gasteiger partial charge < -0.3 is 10.2 Å². The highest BCUT2D eigenvalue weighted by molar-refractivity contribution is 5.27. The van der Waals surface area contributed by atoms with Gasteiger partial charge in [0, 0.05) is 5.92 Å². The molecule has 0 aliphatic heterocycles. The van der Waals surface area contributed by atoms with Crippen LogP contribution in [0.15, 0.2) is 12.2 Å². The summed E-state index contributed by atoms with van der Waals surface area (Å²) in [7, 11) is 0. The zero-order valence-electron chi connectivity index (χ0n) is 11.5. The summed E-state index contributed by atoms with van der Waals surface area (Å²) in [5.41, 5.74) is 0.176. The molecule has 2 nitrogen and oxygen atoms in total. The van der Waals surface area contributed by atoms with E-state index in [4.69, 9.17) is 0 Å². The van der Waals surface area contributed by atoms with Gasteiger partial charge in [-0.1, -0.05) is 12.2 Å². The zero-order valence-corrected chi connectivity index (χ0v) is 11.5. The van der Waals surface area contributed by atoms with Crippen LogP contribution in [0.3, 0.4) is 0 Å². The molecule has 5 unspecified atom stereocenters. The van der Waals surface area contributed by atoms with E-state index in [9.17, 15) is 10.2 Å². The third-order valence-corrected chi connectivity index (χ3v) is 7.42. The van der Waals surface area contributed by atoms with Crippen molar-refractivity contribution in [2.45, 2.75) is 63.1 Å². The molecule has 6 aliphatic rings. The smallest absolute Gasteiger partial charge is 0.0658 e. The number of allylic oxidation sites excluding steroid dienone is 1. The van der Waals surface area contributed by atoms with Crippen LogP contribution in [0.4, 0.5) is 0 Å². The molecule has 2 N–H and O–H groups in total. The standard InChI is InChI=1S/C17H24O2/c18-14-9-15(2-1-13(14)8-15)16-4-11-3-12(5-16)7-17(19,6-11)10-16/h1-2,11-14,18-19H,3-10H2. The van der Waals surface area contributed by atoms with Crippen LogP contribution in [0.2, 0.25) is 0 Å². The van der Waals surface area contributed by atoms with Crippen LogP contribution >= 0.6 is 0 Å². The first-order valence-corrected chi connectivity index (χ1v) is 8.11. The zero-order chi connectivity index (χ0) is 12.9. The molecule has 0 radical (unpaired) electrons. The van der Waals surface area contributed by atoms with E-state index in [1.165, 1.54) is 19.3 Å². The molecule has 6 rings (SSSR count). The van der Waals surface area contributed by atoms with Gasteiger partial charge in [0.15, 0.2) is 0 Å². The largest absolute Gasteiger partial charge is 0.392 e. The Kier molecular flexibility index (Phi) is 1.86. The molecular formula is C17H24O2. The summed E-state index contributed by atoms with van der Waals surface area (Å²) in [6.45, 7) is 0. The summed E-state index contributed by atoms with van der Waals surface area (Å²) >= 11 is 0. The van der Waals surface area contributed by atoms with E-state index >= 15 is 0 Å². The highest BCUT2D eigenvalue weighted by atomic mass is 16.3. The highest BCUT2D eigenvalue weighted by Crippen LogP contribution is 2.72. The lowest BCUT2D eigenvalue weighted by Gasteiger charge is -2.65. The van der Waals surface area contributed by atoms with Crippen LogP contribution in [0, 0.1) is 28.6 Å². The van der Waals surface area contributed by atoms with Gasteiger partial charge in [-0.3, -0.25) is 0 Å². The quantitative estimate of drug-likeness (QED) is 0.712. The van der Waals surface area contributed by atoms with Crippen LogP contribution in [-0.4, -0.2) is 21.9 Å². The summed E-state index contributed by atoms with van der Waals surface area (Å²) in [4.78, 5) is 0. The maximum Gasteiger partial charge on any atom is 0.0658 e. The predicted molar refractivity (Wildman–Crippen MR) is 72.4 cm³/mol. The normalized spacial score (nSPS) is 65.2. The molecule has 0 saturated heterocycles. The van der Waals surface area contributed by atoms with Crippen molar-refractivity contribution < 1.29 is 10.2 Å². The van der Waals surface area contributed by atoms with Crippen molar-refractivity contribution >= 4 is 0 Å². The first-order valence-electron chi connectivity index (χ1n) is 8.11. The van der Waals surface area contributed by atoms with Gasteiger partial charge in [0.2, 0.25) is 0 Å². The summed E-state index contributed by atoms with van der Waals surface area (Å²) in [6, 6.07) is 0. The number of rotatable bonds is 1. The molecular weight excluding hydrogens is 236 g/mol. The van der Waals surface area contributed by atoms with Crippen molar-refractivity contribution in [1.82, 2.24) is 0 Å². The Bertz CT molecular complexity index is 454. The van der Waals surface area contributed by atoms with Gasteiger partial charge in [-0.25, -0.2) is 0 Å². The Morgan fingerprint density at radius 3 is 2.21 bits per heavy atom. The first-order chi connectivity index (χ1) is 9.02. The van der Waals surface area contributed by atoms with E-state index in [0.717, 1.165) is 43.9 Å². The van der Waals surface area contributed by atoms with Crippen LogP contribution in [0.5, 0.6) is 0 Å². The molecule has 2 heteroatoms. The molecule has 19 heavy (non-hydrogen) atoms. The minimum Gasteiger partial charge on any atom is -0.392 e. The highest BCUT2D eigenvalue weighted by Gasteiger charge is 2.66. The van der Waals surface area contributed by atoms with Gasteiger partial charge in [-0.05, 0) is 74.0 Å². The van der Waals surface area contributed by atoms with Gasteiger partial charge in [-0.15, -0.1) is 0 Å². The molecule has 5 fully saturated rings. The van der Waals surface area contributed by atoms with Crippen molar-refractivity contribution in [1.29, 1.82) is 0 Å². The first kappa shape index (κ1) is 11.3. The Morgan fingerprint density at radius 2 is 1.68 bits per heavy atom. The van der Waals surface area contributed by atoms with Crippen molar-refractivity contribution in [2.24, 2.45) is 28.6 Å². The Balaban J connectivity index is 1.60. The Labute approximate surface area is 114 Å². The lowest BCUT2D eigenvalue weighted by Crippen LogP contribution is -2.60. The summed E-state index contributed by atoms with van der Waals surface area (Å²) in [6.07, 6.45) is 13.8. The van der Waals surface area contributed by atoms with Crippen molar-refractivity contribution in [2.75, 3.05) is 0 Å². The van der Waals surface area contributed by atoms with Crippen LogP contribution in [0.25, 0.3) is 0 Å². The number of aliphatic hydroxyl groups excluding tert-OH is 1. The average molecular weight is 260 g/mol. The lowest BCUT2D eigenvalue weighted by molar-refractivity contribution is -0.195. The predicted octanol–water partition coefficient (Wildman–Crippen LogP) is 2.64. The van der Waals surface area contributed by atoms with Gasteiger partial charge in [-0.2, -0.15) is 0 Å². The maximum absolute atomic E-state index is 10.9. The Hall–Kier alpha value is -0.340. The lowest BCUT2D eigenvalue weighted by atomic mass is 9.41. The molecule has 5 saturated carbocycles. The molecule has 0 aromatic rings. The average Bonchev–Trinajstić information content (AvgIpc) is 2.84. The second-order valence-corrected chi connectivity index (χ2v) is 8.62. The van der Waals surface area contributed by atoms with Gasteiger partial charge in [0.1, 0.15) is 0 Å². The van der Waals surface area contributed by atoms with E-state index in [1.807, 2.05) is 0 Å². The minimum atomic E-state index is -0.363. The van der Waals surface area contributed by atoms with Crippen LogP contribution < -0.4 is 0 Å². The fourth-order valence-corrected chi connectivity index (χ4v) is 7.21. The molecule has 6 aliphatic carbocycles. The molecule has 0 aromatic heterocycles. The van der Waals surface area contributed by atoms with E-state index in [0.29, 0.717) is 11.3 Å². The fourth-order valence-electron chi connectivity index (χ4n) is 7.21. The molecule has 0 heterocycles. The SMILES string of the molecule is OC1CC2(C34CC5CC(CC(O)(C5)C3)C4)C=CC1C2. The van der Waals surface area contributed by atoms with E-state index < -0.39 is 0 Å². The second kappa shape index (κ2) is 3.12. The monoisotopic (exact) mass is 260 g/mol. The maximum atomic E-state index is 10.9. The van der Waals surface area contributed by atoms with Crippen molar-refractivity contribution in [3.05, 3.63) is 12.2 Å². The van der Waals surface area contributed by atoms with E-state index in [-0.39, 0.29) is 17.1 Å². The molecule has 0 amide bonds. The number of aliphatic hydroxyl groups is 2. The van der Waals surface area contributed by atoms with Crippen molar-refractivity contribution in [3.8, 4) is 0 Å². The summed E-state index contributed by atoms with van der Waals surface area (Å²) in [5.74, 6) is 1.92. The third-order valence-electron chi connectivity index (χ3n) is 7.42. The van der Waals surface area contributed by atoms with E-state index in [2.05, 4.69) is 12.2 Å². The second-order valence-electron chi connectivity index (χ2n) is 8.62. The van der Waals surface area contributed by atoms with Gasteiger partial charge in [0.05, 0.1) is 11.7 Å². The van der Waals surface area contributed by atoms with Crippen LogP contribution in [0.1, 0.15) is 51.4 Å². The van der Waals surface area contributed by atoms with E-state index in [1.54, 1.807) is 0 Å². The molecule has 6 bridgehead atoms. The van der Waals surface area contributed by atoms with Gasteiger partial charge >= 0.3 is 0 Å². The fraction of sp³-hybridized carbons (Fsp3) is 0.882. The summed E-state index contributed by atoms with van der Waals surface area (Å²) in [5, 5.41) is 21.2. The number of hydrogen-bond acceptors (Lipinski definition) is 2. The third kappa shape index (κ3) is 1.26. The molecule has 0 spiro atoms.